The topological polar surface area (TPSA) is 64.3 Å². The fourth-order valence-corrected chi connectivity index (χ4v) is 3.58. The van der Waals surface area contributed by atoms with Crippen LogP contribution in [0.15, 0.2) is 35.7 Å². The second-order valence-electron chi connectivity index (χ2n) is 6.04. The molecule has 0 aliphatic carbocycles. The first-order valence-corrected chi connectivity index (χ1v) is 8.85. The van der Waals surface area contributed by atoms with E-state index in [2.05, 4.69) is 39.5 Å². The number of nitrogens with one attached hydrogen (secondary N) is 2. The third-order valence-electron chi connectivity index (χ3n) is 4.26. The van der Waals surface area contributed by atoms with Crippen molar-refractivity contribution in [3.05, 3.63) is 41.4 Å². The summed E-state index contributed by atoms with van der Waals surface area (Å²) in [6.07, 6.45) is 0. The number of likely N-dealkylation sites (N-methyl/N-ethyl adjacent to an activating group) is 1. The number of hydrazine groups is 1. The summed E-state index contributed by atoms with van der Waals surface area (Å²) in [5.41, 5.74) is 5.43. The Morgan fingerprint density at radius 3 is 2.83 bits per heavy atom. The Morgan fingerprint density at radius 2 is 2.04 bits per heavy atom. The Morgan fingerprint density at radius 1 is 1.25 bits per heavy atom. The number of nitrogens with zero attached hydrogens (tertiary/aromatic N) is 3. The van der Waals surface area contributed by atoms with Crippen LogP contribution in [0.1, 0.15) is 10.5 Å². The molecule has 6 nitrogen and oxygen atoms in total. The monoisotopic (exact) mass is 341 g/mol. The van der Waals surface area contributed by atoms with Crippen molar-refractivity contribution in [3.8, 4) is 10.7 Å². The number of thiazole rings is 1. The number of aromatic nitrogens is 2. The molecule has 24 heavy (non-hydrogen) atoms. The molecule has 1 saturated heterocycles. The molecule has 7 heteroatoms. The Bertz CT molecular complexity index is 830. The number of amides is 1. The van der Waals surface area contributed by atoms with Crippen LogP contribution in [0.4, 0.5) is 0 Å². The van der Waals surface area contributed by atoms with Gasteiger partial charge in [-0.25, -0.2) is 9.99 Å². The minimum Gasteiger partial charge on any atom is -0.353 e. The normalized spacial score (nSPS) is 16.5. The molecule has 4 rings (SSSR count). The van der Waals surface area contributed by atoms with E-state index in [1.807, 2.05) is 28.6 Å². The summed E-state index contributed by atoms with van der Waals surface area (Å²) in [6, 6.07) is 10.2. The second-order valence-corrected chi connectivity index (χ2v) is 6.90. The average Bonchev–Trinajstić information content (AvgIpc) is 3.23. The van der Waals surface area contributed by atoms with Gasteiger partial charge in [0.25, 0.3) is 5.91 Å². The average molecular weight is 341 g/mol. The first kappa shape index (κ1) is 15.3. The maximum Gasteiger partial charge on any atom is 0.285 e. The summed E-state index contributed by atoms with van der Waals surface area (Å²) in [4.78, 5) is 22.5. The minimum absolute atomic E-state index is 0.141. The van der Waals surface area contributed by atoms with Gasteiger partial charge in [0.15, 0.2) is 0 Å². The Kier molecular flexibility index (Phi) is 4.05. The van der Waals surface area contributed by atoms with Gasteiger partial charge in [0.1, 0.15) is 10.7 Å². The predicted molar refractivity (Wildman–Crippen MR) is 95.9 cm³/mol. The van der Waals surface area contributed by atoms with E-state index in [0.717, 1.165) is 47.8 Å². The van der Waals surface area contributed by atoms with Gasteiger partial charge in [-0.05, 0) is 19.2 Å². The zero-order chi connectivity index (χ0) is 16.5. The third-order valence-corrected chi connectivity index (χ3v) is 5.14. The fourth-order valence-electron chi connectivity index (χ4n) is 2.81. The molecule has 124 valence electrons. The number of H-pyrrole nitrogens is 1. The van der Waals surface area contributed by atoms with Crippen LogP contribution in [0.25, 0.3) is 21.6 Å². The van der Waals surface area contributed by atoms with Gasteiger partial charge >= 0.3 is 0 Å². The largest absolute Gasteiger partial charge is 0.353 e. The number of fused-ring (bicyclic) bond motifs is 1. The maximum absolute atomic E-state index is 12.4. The molecular formula is C17H19N5OS. The van der Waals surface area contributed by atoms with Crippen LogP contribution in [-0.4, -0.2) is 59.0 Å². The molecule has 0 atom stereocenters. The summed E-state index contributed by atoms with van der Waals surface area (Å²) >= 11 is 1.48. The van der Waals surface area contributed by atoms with E-state index in [4.69, 9.17) is 0 Å². The zero-order valence-corrected chi connectivity index (χ0v) is 14.3. The predicted octanol–water partition coefficient (Wildman–Crippen LogP) is 2.18. The van der Waals surface area contributed by atoms with Crippen molar-refractivity contribution >= 4 is 28.1 Å². The second kappa shape index (κ2) is 6.35. The SMILES string of the molecule is CN1CCN(NC(=O)c2csc(-c3cc4ccccc4[nH]3)n2)CC1. The van der Waals surface area contributed by atoms with E-state index >= 15 is 0 Å². The van der Waals surface area contributed by atoms with Crippen molar-refractivity contribution in [2.24, 2.45) is 0 Å². The smallest absolute Gasteiger partial charge is 0.285 e. The Labute approximate surface area is 144 Å². The third kappa shape index (κ3) is 3.06. The maximum atomic E-state index is 12.4. The fraction of sp³-hybridized carbons (Fsp3) is 0.294. The molecule has 3 heterocycles. The molecule has 0 radical (unpaired) electrons. The summed E-state index contributed by atoms with van der Waals surface area (Å²) < 4.78 is 0. The van der Waals surface area contributed by atoms with Gasteiger partial charge in [-0.2, -0.15) is 0 Å². The molecule has 1 aliphatic rings. The summed E-state index contributed by atoms with van der Waals surface area (Å²) in [5.74, 6) is -0.141. The zero-order valence-electron chi connectivity index (χ0n) is 13.5. The van der Waals surface area contributed by atoms with E-state index in [1.165, 1.54) is 11.3 Å². The van der Waals surface area contributed by atoms with Crippen molar-refractivity contribution < 1.29 is 4.79 Å². The number of aromatic amines is 1. The first-order chi connectivity index (χ1) is 11.7. The highest BCUT2D eigenvalue weighted by molar-refractivity contribution is 7.13. The van der Waals surface area contributed by atoms with Crippen LogP contribution in [0.3, 0.4) is 0 Å². The van der Waals surface area contributed by atoms with E-state index < -0.39 is 0 Å². The summed E-state index contributed by atoms with van der Waals surface area (Å²) in [6.45, 7) is 3.58. The van der Waals surface area contributed by atoms with E-state index in [-0.39, 0.29) is 5.91 Å². The standard InChI is InChI=1S/C17H19N5OS/c1-21-6-8-22(9-7-21)20-16(23)15-11-24-17(19-15)14-10-12-4-2-3-5-13(12)18-14/h2-5,10-11,18H,6-9H2,1H3,(H,20,23). The molecule has 2 aromatic heterocycles. The number of hydrogen-bond acceptors (Lipinski definition) is 5. The molecule has 0 saturated carbocycles. The van der Waals surface area contributed by atoms with Gasteiger partial charge in [-0.3, -0.25) is 10.2 Å². The van der Waals surface area contributed by atoms with Gasteiger partial charge < -0.3 is 9.88 Å². The van der Waals surface area contributed by atoms with E-state index in [1.54, 1.807) is 0 Å². The quantitative estimate of drug-likeness (QED) is 0.766. The summed E-state index contributed by atoms with van der Waals surface area (Å²) in [7, 11) is 2.09. The van der Waals surface area contributed by atoms with Crippen LogP contribution < -0.4 is 5.43 Å². The van der Waals surface area contributed by atoms with Gasteiger partial charge in [0.05, 0.1) is 5.69 Å². The molecule has 1 fully saturated rings. The van der Waals surface area contributed by atoms with Crippen molar-refractivity contribution in [1.82, 2.24) is 25.3 Å². The van der Waals surface area contributed by atoms with Crippen molar-refractivity contribution in [1.29, 1.82) is 0 Å². The first-order valence-electron chi connectivity index (χ1n) is 7.97. The summed E-state index contributed by atoms with van der Waals surface area (Å²) in [5, 5.41) is 5.75. The number of benzene rings is 1. The lowest BCUT2D eigenvalue weighted by Gasteiger charge is -2.32. The number of carbonyl (C=O) groups is 1. The van der Waals surface area contributed by atoms with Crippen LogP contribution in [0, 0.1) is 0 Å². The lowest BCUT2D eigenvalue weighted by Crippen LogP contribution is -2.52. The Balaban J connectivity index is 1.48. The van der Waals surface area contributed by atoms with E-state index in [0.29, 0.717) is 5.69 Å². The number of piperazine rings is 1. The molecule has 1 aliphatic heterocycles. The minimum atomic E-state index is -0.141. The van der Waals surface area contributed by atoms with Gasteiger partial charge in [0, 0.05) is 42.5 Å². The highest BCUT2D eigenvalue weighted by atomic mass is 32.1. The Hall–Kier alpha value is -2.22. The molecule has 0 unspecified atom stereocenters. The lowest BCUT2D eigenvalue weighted by atomic mass is 10.2. The van der Waals surface area contributed by atoms with E-state index in [9.17, 15) is 4.79 Å². The lowest BCUT2D eigenvalue weighted by molar-refractivity contribution is 0.0658. The van der Waals surface area contributed by atoms with Gasteiger partial charge in [-0.1, -0.05) is 18.2 Å². The number of hydrogen-bond donors (Lipinski definition) is 2. The molecule has 3 aromatic rings. The number of para-hydroxylation sites is 1. The van der Waals surface area contributed by atoms with Crippen molar-refractivity contribution in [2.45, 2.75) is 0 Å². The van der Waals surface area contributed by atoms with Crippen molar-refractivity contribution in [2.75, 3.05) is 33.2 Å². The van der Waals surface area contributed by atoms with Crippen LogP contribution in [-0.2, 0) is 0 Å². The number of carbonyl (C=O) groups excluding carboxylic acids is 1. The highest BCUT2D eigenvalue weighted by Gasteiger charge is 2.19. The van der Waals surface area contributed by atoms with Gasteiger partial charge in [-0.15, -0.1) is 11.3 Å². The van der Waals surface area contributed by atoms with Crippen LogP contribution in [0.5, 0.6) is 0 Å². The highest BCUT2D eigenvalue weighted by Crippen LogP contribution is 2.26. The molecule has 0 bridgehead atoms. The number of rotatable bonds is 3. The molecule has 1 aromatic carbocycles. The van der Waals surface area contributed by atoms with Crippen LogP contribution >= 0.6 is 11.3 Å². The molecule has 2 N–H and O–H groups in total. The molecular weight excluding hydrogens is 322 g/mol. The van der Waals surface area contributed by atoms with Crippen LogP contribution in [0.2, 0.25) is 0 Å². The van der Waals surface area contributed by atoms with Crippen molar-refractivity contribution in [3.63, 3.8) is 0 Å². The molecule has 1 amide bonds. The molecule has 0 spiro atoms. The van der Waals surface area contributed by atoms with Gasteiger partial charge in [0.2, 0.25) is 0 Å².